The van der Waals surface area contributed by atoms with E-state index in [9.17, 15) is 27.9 Å². The first-order valence-electron chi connectivity index (χ1n) is 6.18. The van der Waals surface area contributed by atoms with Crippen molar-refractivity contribution in [3.63, 3.8) is 0 Å². The summed E-state index contributed by atoms with van der Waals surface area (Å²) in [6.07, 6.45) is 1.45. The van der Waals surface area contributed by atoms with E-state index in [1.54, 1.807) is 6.07 Å². The van der Waals surface area contributed by atoms with Crippen molar-refractivity contribution in [2.24, 2.45) is 0 Å². The lowest BCUT2D eigenvalue weighted by Crippen LogP contribution is -2.15. The van der Waals surface area contributed by atoms with Crippen molar-refractivity contribution in [2.75, 3.05) is 11.6 Å². The van der Waals surface area contributed by atoms with Gasteiger partial charge in [-0.05, 0) is 24.3 Å². The quantitative estimate of drug-likeness (QED) is 0.684. The highest BCUT2D eigenvalue weighted by Gasteiger charge is 2.24. The molecule has 0 aromatic heterocycles. The summed E-state index contributed by atoms with van der Waals surface area (Å²) in [7, 11) is -1.29. The van der Waals surface area contributed by atoms with Crippen LogP contribution in [0.15, 0.2) is 41.3 Å². The maximum absolute atomic E-state index is 13.3. The highest BCUT2D eigenvalue weighted by molar-refractivity contribution is 7.84. The first-order chi connectivity index (χ1) is 10.8. The van der Waals surface area contributed by atoms with Gasteiger partial charge in [-0.1, -0.05) is 6.07 Å². The molecule has 0 radical (unpaired) electrons. The number of nitrogens with one attached hydrogen (secondary N) is 1. The Morgan fingerprint density at radius 2 is 1.87 bits per heavy atom. The van der Waals surface area contributed by atoms with Crippen molar-refractivity contribution in [3.8, 4) is 0 Å². The van der Waals surface area contributed by atoms with Crippen LogP contribution in [0.3, 0.4) is 0 Å². The summed E-state index contributed by atoms with van der Waals surface area (Å²) < 4.78 is 37.8. The first kappa shape index (κ1) is 16.7. The zero-order valence-corrected chi connectivity index (χ0v) is 12.5. The van der Waals surface area contributed by atoms with Gasteiger partial charge in [-0.3, -0.25) is 19.1 Å². The topological polar surface area (TPSA) is 89.3 Å². The zero-order valence-electron chi connectivity index (χ0n) is 11.7. The van der Waals surface area contributed by atoms with Gasteiger partial charge in [-0.15, -0.1) is 0 Å². The fourth-order valence-corrected chi connectivity index (χ4v) is 2.38. The molecule has 0 fully saturated rings. The molecule has 6 nitrogen and oxygen atoms in total. The van der Waals surface area contributed by atoms with Gasteiger partial charge in [0.05, 0.1) is 11.0 Å². The SMILES string of the molecule is C[S@](=O)c1cccc(NC(=O)c2cc(F)c(F)cc2[N+](=O)[O-])c1. The van der Waals surface area contributed by atoms with Gasteiger partial charge >= 0.3 is 0 Å². The Bertz CT molecular complexity index is 826. The molecule has 1 N–H and O–H groups in total. The summed E-state index contributed by atoms with van der Waals surface area (Å²) in [5.41, 5.74) is -1.24. The van der Waals surface area contributed by atoms with E-state index in [4.69, 9.17) is 0 Å². The van der Waals surface area contributed by atoms with E-state index < -0.39 is 44.5 Å². The summed E-state index contributed by atoms with van der Waals surface area (Å²) >= 11 is 0. The van der Waals surface area contributed by atoms with Crippen LogP contribution in [-0.4, -0.2) is 21.3 Å². The minimum Gasteiger partial charge on any atom is -0.322 e. The van der Waals surface area contributed by atoms with Crippen LogP contribution in [-0.2, 0) is 10.8 Å². The number of amides is 1. The Hall–Kier alpha value is -2.68. The average molecular weight is 340 g/mol. The number of halogens is 2. The zero-order chi connectivity index (χ0) is 17.1. The van der Waals surface area contributed by atoms with Crippen molar-refractivity contribution in [1.82, 2.24) is 0 Å². The van der Waals surface area contributed by atoms with E-state index >= 15 is 0 Å². The highest BCUT2D eigenvalue weighted by atomic mass is 32.2. The lowest BCUT2D eigenvalue weighted by Gasteiger charge is -2.07. The van der Waals surface area contributed by atoms with E-state index in [-0.39, 0.29) is 5.69 Å². The van der Waals surface area contributed by atoms with E-state index in [0.717, 1.165) is 0 Å². The number of hydrogen-bond acceptors (Lipinski definition) is 4. The van der Waals surface area contributed by atoms with Crippen LogP contribution >= 0.6 is 0 Å². The minimum absolute atomic E-state index is 0.224. The van der Waals surface area contributed by atoms with Gasteiger partial charge in [0.1, 0.15) is 5.56 Å². The molecule has 0 aliphatic rings. The van der Waals surface area contributed by atoms with Crippen LogP contribution in [0.25, 0.3) is 0 Å². The van der Waals surface area contributed by atoms with Crippen LogP contribution in [0, 0.1) is 21.7 Å². The molecule has 0 saturated carbocycles. The number of rotatable bonds is 4. The number of anilines is 1. The van der Waals surface area contributed by atoms with Gasteiger partial charge in [0.15, 0.2) is 11.6 Å². The predicted octanol–water partition coefficient (Wildman–Crippen LogP) is 2.86. The molecular weight excluding hydrogens is 330 g/mol. The molecule has 0 unspecified atom stereocenters. The molecule has 0 heterocycles. The van der Waals surface area contributed by atoms with Crippen LogP contribution in [0.1, 0.15) is 10.4 Å². The maximum atomic E-state index is 13.3. The van der Waals surface area contributed by atoms with Crippen molar-refractivity contribution in [2.45, 2.75) is 4.90 Å². The molecule has 0 aliphatic heterocycles. The van der Waals surface area contributed by atoms with Gasteiger partial charge in [-0.25, -0.2) is 8.78 Å². The molecule has 0 aliphatic carbocycles. The Morgan fingerprint density at radius 3 is 2.48 bits per heavy atom. The molecule has 1 atom stereocenters. The van der Waals surface area contributed by atoms with E-state index in [1.807, 2.05) is 0 Å². The molecular formula is C14H10F2N2O4S. The second kappa shape index (κ2) is 6.61. The monoisotopic (exact) mass is 340 g/mol. The standard InChI is InChI=1S/C14H10F2N2O4S/c1-23(22)9-4-2-3-8(5-9)17-14(19)10-6-11(15)12(16)7-13(10)18(20)21/h2-7H,1H3,(H,17,19)/t23-/m0/s1. The first-order valence-corrected chi connectivity index (χ1v) is 7.73. The van der Waals surface area contributed by atoms with Gasteiger partial charge in [-0.2, -0.15) is 0 Å². The van der Waals surface area contributed by atoms with Crippen molar-refractivity contribution < 1.29 is 22.7 Å². The molecule has 120 valence electrons. The third-order valence-electron chi connectivity index (χ3n) is 2.90. The van der Waals surface area contributed by atoms with Gasteiger partial charge in [0.25, 0.3) is 11.6 Å². The Balaban J connectivity index is 2.38. The number of nitrogens with zero attached hydrogens (tertiary/aromatic N) is 1. The van der Waals surface area contributed by atoms with Gasteiger partial charge < -0.3 is 5.32 Å². The molecule has 23 heavy (non-hydrogen) atoms. The average Bonchev–Trinajstić information content (AvgIpc) is 2.49. The number of nitro benzene ring substituents is 1. The highest BCUT2D eigenvalue weighted by Crippen LogP contribution is 2.24. The van der Waals surface area contributed by atoms with E-state index in [2.05, 4.69) is 5.32 Å². The van der Waals surface area contributed by atoms with Crippen molar-refractivity contribution in [3.05, 3.63) is 63.7 Å². The lowest BCUT2D eigenvalue weighted by atomic mass is 10.1. The van der Waals surface area contributed by atoms with Crippen LogP contribution < -0.4 is 5.32 Å². The summed E-state index contributed by atoms with van der Waals surface area (Å²) in [6.45, 7) is 0. The molecule has 9 heteroatoms. The smallest absolute Gasteiger partial charge is 0.285 e. The van der Waals surface area contributed by atoms with Crippen LogP contribution in [0.2, 0.25) is 0 Å². The maximum Gasteiger partial charge on any atom is 0.285 e. The summed E-state index contributed by atoms with van der Waals surface area (Å²) in [4.78, 5) is 22.4. The van der Waals surface area contributed by atoms with Crippen molar-refractivity contribution in [1.29, 1.82) is 0 Å². The van der Waals surface area contributed by atoms with E-state index in [0.29, 0.717) is 17.0 Å². The summed E-state index contributed by atoms with van der Waals surface area (Å²) in [5.74, 6) is -3.77. The number of carbonyl (C=O) groups is 1. The largest absolute Gasteiger partial charge is 0.322 e. The minimum atomic E-state index is -1.42. The molecule has 1 amide bonds. The molecule has 2 rings (SSSR count). The summed E-state index contributed by atoms with van der Waals surface area (Å²) in [6, 6.07) is 6.81. The number of carbonyl (C=O) groups excluding carboxylic acids is 1. The van der Waals surface area contributed by atoms with Gasteiger partial charge in [0, 0.05) is 27.6 Å². The second-order valence-electron chi connectivity index (χ2n) is 4.48. The predicted molar refractivity (Wildman–Crippen MR) is 79.7 cm³/mol. The molecule has 0 bridgehead atoms. The molecule has 2 aromatic carbocycles. The third kappa shape index (κ3) is 3.75. The third-order valence-corrected chi connectivity index (χ3v) is 3.82. The van der Waals surface area contributed by atoms with Crippen LogP contribution in [0.5, 0.6) is 0 Å². The fourth-order valence-electron chi connectivity index (χ4n) is 1.82. The molecule has 0 saturated heterocycles. The lowest BCUT2D eigenvalue weighted by molar-refractivity contribution is -0.385. The second-order valence-corrected chi connectivity index (χ2v) is 5.86. The van der Waals surface area contributed by atoms with E-state index in [1.165, 1.54) is 24.5 Å². The number of nitro groups is 1. The van der Waals surface area contributed by atoms with Crippen LogP contribution in [0.4, 0.5) is 20.2 Å². The normalized spacial score (nSPS) is 11.8. The Kier molecular flexibility index (Phi) is 4.80. The number of hydrogen-bond donors (Lipinski definition) is 1. The van der Waals surface area contributed by atoms with Crippen molar-refractivity contribution >= 4 is 28.1 Å². The van der Waals surface area contributed by atoms with Gasteiger partial charge in [0.2, 0.25) is 0 Å². The Morgan fingerprint density at radius 1 is 1.22 bits per heavy atom. The number of benzene rings is 2. The fraction of sp³-hybridized carbons (Fsp3) is 0.0714. The Labute approximate surface area is 131 Å². The molecule has 2 aromatic rings. The molecule has 0 spiro atoms. The summed E-state index contributed by atoms with van der Waals surface area (Å²) in [5, 5.41) is 13.2.